The van der Waals surface area contributed by atoms with Crippen LogP contribution in [-0.4, -0.2) is 30.4 Å². The first-order valence-electron chi connectivity index (χ1n) is 6.63. The fourth-order valence-electron chi connectivity index (χ4n) is 2.40. The molecular weight excluding hydrogens is 330 g/mol. The molecule has 0 bridgehead atoms. The van der Waals surface area contributed by atoms with Crippen LogP contribution >= 0.6 is 15.9 Å². The normalized spacial score (nSPS) is 19.0. The Balaban J connectivity index is 1.96. The van der Waals surface area contributed by atoms with Crippen LogP contribution in [0.25, 0.3) is 0 Å². The third-order valence-corrected chi connectivity index (χ3v) is 4.06. The van der Waals surface area contributed by atoms with E-state index in [9.17, 15) is 13.6 Å². The molecule has 110 valence electrons. The summed E-state index contributed by atoms with van der Waals surface area (Å²) in [4.78, 5) is 13.8. The first-order valence-corrected chi connectivity index (χ1v) is 7.43. The zero-order valence-corrected chi connectivity index (χ0v) is 12.8. The smallest absolute Gasteiger partial charge is 0.241 e. The average molecular weight is 347 g/mol. The number of nitrogens with zero attached hydrogens (tertiary/aromatic N) is 1. The monoisotopic (exact) mass is 346 g/mol. The lowest BCUT2D eigenvalue weighted by Gasteiger charge is -2.31. The summed E-state index contributed by atoms with van der Waals surface area (Å²) in [6.45, 7) is 3.61. The van der Waals surface area contributed by atoms with E-state index in [1.54, 1.807) is 4.90 Å². The molecule has 20 heavy (non-hydrogen) atoms. The van der Waals surface area contributed by atoms with E-state index in [0.717, 1.165) is 32.0 Å². The van der Waals surface area contributed by atoms with Gasteiger partial charge in [0.2, 0.25) is 5.91 Å². The second-order valence-electron chi connectivity index (χ2n) is 5.19. The number of hydrogen-bond acceptors (Lipinski definition) is 2. The van der Waals surface area contributed by atoms with Crippen molar-refractivity contribution in [2.45, 2.75) is 19.8 Å². The van der Waals surface area contributed by atoms with Crippen molar-refractivity contribution in [3.63, 3.8) is 0 Å². The van der Waals surface area contributed by atoms with Gasteiger partial charge in [0.25, 0.3) is 0 Å². The Kier molecular flexibility index (Phi) is 4.96. The molecule has 1 amide bonds. The zero-order valence-electron chi connectivity index (χ0n) is 11.3. The van der Waals surface area contributed by atoms with Crippen molar-refractivity contribution in [3.05, 3.63) is 28.2 Å². The molecule has 0 aliphatic carbocycles. The predicted octanol–water partition coefficient (Wildman–Crippen LogP) is 3.40. The molecule has 0 spiro atoms. The fourth-order valence-corrected chi connectivity index (χ4v) is 2.95. The van der Waals surface area contributed by atoms with Gasteiger partial charge in [-0.05, 0) is 40.8 Å². The third-order valence-electron chi connectivity index (χ3n) is 3.43. The molecule has 0 unspecified atom stereocenters. The lowest BCUT2D eigenvalue weighted by Crippen LogP contribution is -2.42. The number of nitrogens with one attached hydrogen (secondary N) is 1. The van der Waals surface area contributed by atoms with Crippen LogP contribution in [0.4, 0.5) is 14.5 Å². The number of carbonyl (C=O) groups is 1. The number of hydrogen-bond donors (Lipinski definition) is 1. The summed E-state index contributed by atoms with van der Waals surface area (Å²) in [5, 5.41) is 2.74. The summed E-state index contributed by atoms with van der Waals surface area (Å²) in [6.07, 6.45) is 2.14. The Morgan fingerprint density at radius 3 is 2.90 bits per heavy atom. The van der Waals surface area contributed by atoms with Gasteiger partial charge < -0.3 is 10.2 Å². The Morgan fingerprint density at radius 1 is 1.50 bits per heavy atom. The minimum atomic E-state index is -0.711. The molecule has 0 saturated carbocycles. The molecule has 0 aromatic heterocycles. The molecule has 1 aliphatic rings. The van der Waals surface area contributed by atoms with E-state index < -0.39 is 11.6 Å². The summed E-state index contributed by atoms with van der Waals surface area (Å²) < 4.78 is 26.8. The van der Waals surface area contributed by atoms with Crippen molar-refractivity contribution in [1.82, 2.24) is 4.90 Å². The zero-order chi connectivity index (χ0) is 14.7. The number of benzene rings is 1. The van der Waals surface area contributed by atoms with Crippen LogP contribution in [0, 0.1) is 17.6 Å². The highest BCUT2D eigenvalue weighted by atomic mass is 79.9. The van der Waals surface area contributed by atoms with Crippen LogP contribution < -0.4 is 5.32 Å². The van der Waals surface area contributed by atoms with E-state index in [0.29, 0.717) is 5.92 Å². The van der Waals surface area contributed by atoms with Crippen molar-refractivity contribution >= 4 is 27.5 Å². The van der Waals surface area contributed by atoms with E-state index in [2.05, 4.69) is 28.2 Å². The summed E-state index contributed by atoms with van der Waals surface area (Å²) in [5.74, 6) is -0.929. The van der Waals surface area contributed by atoms with E-state index in [1.807, 2.05) is 0 Å². The van der Waals surface area contributed by atoms with Gasteiger partial charge in [0.1, 0.15) is 11.6 Å². The maximum absolute atomic E-state index is 13.6. The molecule has 1 atom stereocenters. The van der Waals surface area contributed by atoms with Gasteiger partial charge in [-0.15, -0.1) is 0 Å². The maximum Gasteiger partial charge on any atom is 0.241 e. The highest BCUT2D eigenvalue weighted by Gasteiger charge is 2.21. The van der Waals surface area contributed by atoms with Gasteiger partial charge in [-0.25, -0.2) is 8.78 Å². The Hall–Kier alpha value is -1.17. The summed E-state index contributed by atoms with van der Waals surface area (Å²) >= 11 is 3.09. The Morgan fingerprint density at radius 2 is 2.25 bits per heavy atom. The van der Waals surface area contributed by atoms with E-state index in [-0.39, 0.29) is 22.6 Å². The van der Waals surface area contributed by atoms with Gasteiger partial charge in [0, 0.05) is 23.6 Å². The Bertz CT molecular complexity index is 487. The lowest BCUT2D eigenvalue weighted by atomic mass is 10.0. The molecule has 1 heterocycles. The minimum Gasteiger partial charge on any atom is -0.373 e. The van der Waals surface area contributed by atoms with E-state index in [1.165, 1.54) is 6.07 Å². The van der Waals surface area contributed by atoms with Gasteiger partial charge >= 0.3 is 0 Å². The Labute approximate surface area is 125 Å². The minimum absolute atomic E-state index is 0.00781. The quantitative estimate of drug-likeness (QED) is 0.909. The van der Waals surface area contributed by atoms with Gasteiger partial charge in [0.05, 0.1) is 12.2 Å². The average Bonchev–Trinajstić information content (AvgIpc) is 2.37. The number of halogens is 3. The highest BCUT2D eigenvalue weighted by molar-refractivity contribution is 9.10. The maximum atomic E-state index is 13.6. The van der Waals surface area contributed by atoms with Gasteiger partial charge in [-0.1, -0.05) is 6.92 Å². The number of amides is 1. The number of rotatable bonds is 3. The molecule has 0 radical (unpaired) electrons. The predicted molar refractivity (Wildman–Crippen MR) is 77.5 cm³/mol. The summed E-state index contributed by atoms with van der Waals surface area (Å²) in [7, 11) is 0. The van der Waals surface area contributed by atoms with Crippen molar-refractivity contribution in [2.75, 3.05) is 25.0 Å². The molecular formula is C14H17BrF2N2O. The van der Waals surface area contributed by atoms with Crippen molar-refractivity contribution in [1.29, 1.82) is 0 Å². The van der Waals surface area contributed by atoms with Gasteiger partial charge in [-0.3, -0.25) is 4.79 Å². The number of carbonyl (C=O) groups excluding carboxylic acids is 1. The van der Waals surface area contributed by atoms with Crippen LogP contribution in [0.15, 0.2) is 16.6 Å². The third kappa shape index (κ3) is 3.69. The first-order chi connectivity index (χ1) is 9.47. The number of piperidine rings is 1. The van der Waals surface area contributed by atoms with Crippen molar-refractivity contribution in [3.8, 4) is 0 Å². The van der Waals surface area contributed by atoms with Crippen LogP contribution in [0.3, 0.4) is 0 Å². The molecule has 1 aromatic rings. The van der Waals surface area contributed by atoms with Crippen LogP contribution in [0.2, 0.25) is 0 Å². The highest BCUT2D eigenvalue weighted by Crippen LogP contribution is 2.26. The summed E-state index contributed by atoms with van der Waals surface area (Å²) in [5.41, 5.74) is 0.116. The van der Waals surface area contributed by atoms with Crippen LogP contribution in [-0.2, 0) is 4.79 Å². The topological polar surface area (TPSA) is 32.3 Å². The molecule has 1 fully saturated rings. The van der Waals surface area contributed by atoms with Crippen LogP contribution in [0.1, 0.15) is 19.8 Å². The van der Waals surface area contributed by atoms with Gasteiger partial charge in [0.15, 0.2) is 0 Å². The molecule has 6 heteroatoms. The molecule has 2 rings (SSSR count). The van der Waals surface area contributed by atoms with Gasteiger partial charge in [-0.2, -0.15) is 0 Å². The van der Waals surface area contributed by atoms with Crippen molar-refractivity contribution < 1.29 is 13.6 Å². The van der Waals surface area contributed by atoms with E-state index in [4.69, 9.17) is 0 Å². The van der Waals surface area contributed by atoms with Crippen molar-refractivity contribution in [2.24, 2.45) is 5.92 Å². The molecule has 3 nitrogen and oxygen atoms in total. The number of likely N-dealkylation sites (tertiary alicyclic amines) is 1. The SMILES string of the molecule is C[C@H]1CCCN(C(=O)CNc2c(F)cc(F)cc2Br)C1. The molecule has 1 aliphatic heterocycles. The molecule has 1 N–H and O–H groups in total. The number of anilines is 1. The van der Waals surface area contributed by atoms with E-state index >= 15 is 0 Å². The lowest BCUT2D eigenvalue weighted by molar-refractivity contribution is -0.130. The fraction of sp³-hybridized carbons (Fsp3) is 0.500. The van der Waals surface area contributed by atoms with Crippen LogP contribution in [0.5, 0.6) is 0 Å². The first kappa shape index (κ1) is 15.2. The standard InChI is InChI=1S/C14H17BrF2N2O/c1-9-3-2-4-19(8-9)13(20)7-18-14-11(15)5-10(16)6-12(14)17/h5-6,9,18H,2-4,7-8H2,1H3/t9-/m0/s1. The second kappa shape index (κ2) is 6.52. The summed E-state index contributed by atoms with van der Waals surface area (Å²) in [6, 6.07) is 1.96. The largest absolute Gasteiger partial charge is 0.373 e. The molecule has 1 aromatic carbocycles. The molecule has 1 saturated heterocycles. The second-order valence-corrected chi connectivity index (χ2v) is 6.04.